The minimum atomic E-state index is -1.06. The standard InChI is InChI=1S/C11H14N2O3/c1-5-3-7(5)10(14)13-8-4-6(2)12-9(8)11(15)16/h4-5,7,12H,3H2,1-2H3,(H,13,14)(H,15,16). The van der Waals surface area contributed by atoms with Gasteiger partial charge in [-0.15, -0.1) is 0 Å². The Kier molecular flexibility index (Phi) is 2.46. The Morgan fingerprint density at radius 2 is 2.19 bits per heavy atom. The van der Waals surface area contributed by atoms with Gasteiger partial charge >= 0.3 is 5.97 Å². The lowest BCUT2D eigenvalue weighted by Crippen LogP contribution is -2.16. The van der Waals surface area contributed by atoms with Gasteiger partial charge in [-0.3, -0.25) is 4.79 Å². The third-order valence-corrected chi connectivity index (χ3v) is 2.87. The maximum atomic E-state index is 11.7. The van der Waals surface area contributed by atoms with Gasteiger partial charge in [-0.2, -0.15) is 0 Å². The molecular formula is C11H14N2O3. The van der Waals surface area contributed by atoms with Crippen molar-refractivity contribution in [2.75, 3.05) is 5.32 Å². The van der Waals surface area contributed by atoms with E-state index in [1.165, 1.54) is 0 Å². The number of carboxylic acids is 1. The van der Waals surface area contributed by atoms with E-state index in [-0.39, 0.29) is 17.5 Å². The molecule has 1 amide bonds. The maximum absolute atomic E-state index is 11.7. The fraction of sp³-hybridized carbons (Fsp3) is 0.455. The maximum Gasteiger partial charge on any atom is 0.354 e. The molecule has 0 saturated heterocycles. The number of nitrogens with one attached hydrogen (secondary N) is 2. The molecule has 5 nitrogen and oxygen atoms in total. The highest BCUT2D eigenvalue weighted by atomic mass is 16.4. The zero-order chi connectivity index (χ0) is 11.9. The van der Waals surface area contributed by atoms with Gasteiger partial charge in [0.1, 0.15) is 5.69 Å². The molecule has 16 heavy (non-hydrogen) atoms. The van der Waals surface area contributed by atoms with Crippen LogP contribution in [0.25, 0.3) is 0 Å². The summed E-state index contributed by atoms with van der Waals surface area (Å²) in [7, 11) is 0. The molecule has 2 unspecified atom stereocenters. The second-order valence-corrected chi connectivity index (χ2v) is 4.35. The molecule has 0 radical (unpaired) electrons. The highest BCUT2D eigenvalue weighted by Crippen LogP contribution is 2.38. The normalized spacial score (nSPS) is 22.9. The highest BCUT2D eigenvalue weighted by Gasteiger charge is 2.39. The number of aromatic nitrogens is 1. The van der Waals surface area contributed by atoms with Crippen LogP contribution < -0.4 is 5.32 Å². The predicted octanol–water partition coefficient (Wildman–Crippen LogP) is 1.62. The molecular weight excluding hydrogens is 208 g/mol. The van der Waals surface area contributed by atoms with Crippen molar-refractivity contribution in [3.63, 3.8) is 0 Å². The summed E-state index contributed by atoms with van der Waals surface area (Å²) in [5.74, 6) is -0.702. The Bertz CT molecular complexity index is 450. The smallest absolute Gasteiger partial charge is 0.354 e. The number of carboxylic acid groups (broad SMARTS) is 1. The van der Waals surface area contributed by atoms with Crippen molar-refractivity contribution >= 4 is 17.6 Å². The molecule has 3 N–H and O–H groups in total. The van der Waals surface area contributed by atoms with Gasteiger partial charge in [0.25, 0.3) is 0 Å². The minimum absolute atomic E-state index is 0.0388. The number of carbonyl (C=O) groups excluding carboxylic acids is 1. The van der Waals surface area contributed by atoms with Gasteiger partial charge in [0.05, 0.1) is 5.69 Å². The van der Waals surface area contributed by atoms with E-state index in [0.717, 1.165) is 12.1 Å². The first kappa shape index (κ1) is 10.7. The van der Waals surface area contributed by atoms with Crippen LogP contribution in [-0.2, 0) is 4.79 Å². The van der Waals surface area contributed by atoms with E-state index in [4.69, 9.17) is 5.11 Å². The molecule has 1 heterocycles. The van der Waals surface area contributed by atoms with Crippen molar-refractivity contribution in [3.8, 4) is 0 Å². The van der Waals surface area contributed by atoms with Crippen LogP contribution >= 0.6 is 0 Å². The molecule has 1 fully saturated rings. The van der Waals surface area contributed by atoms with Gasteiger partial charge in [0.15, 0.2) is 0 Å². The Morgan fingerprint density at radius 3 is 2.69 bits per heavy atom. The highest BCUT2D eigenvalue weighted by molar-refractivity contribution is 6.01. The zero-order valence-electron chi connectivity index (χ0n) is 9.20. The van der Waals surface area contributed by atoms with Gasteiger partial charge in [-0.25, -0.2) is 4.79 Å². The molecule has 1 aliphatic rings. The number of amides is 1. The largest absolute Gasteiger partial charge is 0.477 e. The van der Waals surface area contributed by atoms with E-state index >= 15 is 0 Å². The van der Waals surface area contributed by atoms with Gasteiger partial charge < -0.3 is 15.4 Å². The monoisotopic (exact) mass is 222 g/mol. The summed E-state index contributed by atoms with van der Waals surface area (Å²) in [6, 6.07) is 1.63. The van der Waals surface area contributed by atoms with Crippen molar-refractivity contribution in [2.24, 2.45) is 11.8 Å². The van der Waals surface area contributed by atoms with Crippen molar-refractivity contribution in [1.82, 2.24) is 4.98 Å². The number of carbonyl (C=O) groups is 2. The number of anilines is 1. The Balaban J connectivity index is 2.14. The van der Waals surface area contributed by atoms with Crippen LogP contribution in [0.1, 0.15) is 29.5 Å². The first-order chi connectivity index (χ1) is 7.49. The van der Waals surface area contributed by atoms with Gasteiger partial charge in [0, 0.05) is 11.6 Å². The van der Waals surface area contributed by atoms with E-state index in [9.17, 15) is 9.59 Å². The number of aromatic amines is 1. The molecule has 2 rings (SSSR count). The molecule has 2 atom stereocenters. The van der Waals surface area contributed by atoms with Crippen molar-refractivity contribution in [2.45, 2.75) is 20.3 Å². The summed E-state index contributed by atoms with van der Waals surface area (Å²) in [4.78, 5) is 25.2. The summed E-state index contributed by atoms with van der Waals surface area (Å²) < 4.78 is 0. The fourth-order valence-corrected chi connectivity index (χ4v) is 1.77. The molecule has 1 aliphatic carbocycles. The van der Waals surface area contributed by atoms with E-state index in [1.807, 2.05) is 6.92 Å². The second kappa shape index (κ2) is 3.66. The lowest BCUT2D eigenvalue weighted by Gasteiger charge is -2.02. The fourth-order valence-electron chi connectivity index (χ4n) is 1.77. The van der Waals surface area contributed by atoms with Gasteiger partial charge in [-0.05, 0) is 25.3 Å². The Labute approximate surface area is 92.9 Å². The quantitative estimate of drug-likeness (QED) is 0.726. The third-order valence-electron chi connectivity index (χ3n) is 2.87. The molecule has 0 aromatic carbocycles. The van der Waals surface area contributed by atoms with E-state index in [1.54, 1.807) is 13.0 Å². The average molecular weight is 222 g/mol. The first-order valence-electron chi connectivity index (χ1n) is 5.23. The Morgan fingerprint density at radius 1 is 1.56 bits per heavy atom. The van der Waals surface area contributed by atoms with Crippen molar-refractivity contribution in [1.29, 1.82) is 0 Å². The second-order valence-electron chi connectivity index (χ2n) is 4.35. The van der Waals surface area contributed by atoms with Crippen LogP contribution in [0.4, 0.5) is 5.69 Å². The van der Waals surface area contributed by atoms with Crippen LogP contribution in [0, 0.1) is 18.8 Å². The molecule has 0 bridgehead atoms. The molecule has 5 heteroatoms. The van der Waals surface area contributed by atoms with Crippen LogP contribution in [-0.4, -0.2) is 22.0 Å². The van der Waals surface area contributed by atoms with Crippen LogP contribution in [0.2, 0.25) is 0 Å². The number of hydrogen-bond donors (Lipinski definition) is 3. The molecule has 1 aromatic heterocycles. The summed E-state index contributed by atoms with van der Waals surface area (Å²) in [6.07, 6.45) is 0.887. The summed E-state index contributed by atoms with van der Waals surface area (Å²) >= 11 is 0. The minimum Gasteiger partial charge on any atom is -0.477 e. The van der Waals surface area contributed by atoms with Gasteiger partial charge in [0.2, 0.25) is 5.91 Å². The number of H-pyrrole nitrogens is 1. The summed E-state index contributed by atoms with van der Waals surface area (Å²) in [5, 5.41) is 11.6. The number of aromatic carboxylic acids is 1. The predicted molar refractivity (Wildman–Crippen MR) is 58.4 cm³/mol. The lowest BCUT2D eigenvalue weighted by atomic mass is 10.3. The molecule has 1 saturated carbocycles. The number of rotatable bonds is 3. The average Bonchev–Trinajstić information content (AvgIpc) is 2.79. The number of hydrogen-bond acceptors (Lipinski definition) is 2. The molecule has 1 aromatic rings. The van der Waals surface area contributed by atoms with Gasteiger partial charge in [-0.1, -0.05) is 6.92 Å². The lowest BCUT2D eigenvalue weighted by molar-refractivity contribution is -0.117. The van der Waals surface area contributed by atoms with Crippen molar-refractivity contribution in [3.05, 3.63) is 17.5 Å². The van der Waals surface area contributed by atoms with Crippen LogP contribution in [0.5, 0.6) is 0 Å². The van der Waals surface area contributed by atoms with Crippen LogP contribution in [0.15, 0.2) is 6.07 Å². The summed E-state index contributed by atoms with van der Waals surface area (Å²) in [6.45, 7) is 3.76. The Hall–Kier alpha value is -1.78. The molecule has 86 valence electrons. The van der Waals surface area contributed by atoms with Crippen LogP contribution in [0.3, 0.4) is 0 Å². The van der Waals surface area contributed by atoms with E-state index < -0.39 is 5.97 Å². The molecule has 0 aliphatic heterocycles. The first-order valence-corrected chi connectivity index (χ1v) is 5.23. The number of aryl methyl sites for hydroxylation is 1. The summed E-state index contributed by atoms with van der Waals surface area (Å²) in [5.41, 5.74) is 1.12. The molecule has 0 spiro atoms. The third kappa shape index (κ3) is 1.93. The van der Waals surface area contributed by atoms with E-state index in [2.05, 4.69) is 10.3 Å². The van der Waals surface area contributed by atoms with E-state index in [0.29, 0.717) is 11.6 Å². The van der Waals surface area contributed by atoms with Crippen molar-refractivity contribution < 1.29 is 14.7 Å². The topological polar surface area (TPSA) is 82.2 Å². The zero-order valence-corrected chi connectivity index (χ0v) is 9.20. The SMILES string of the molecule is Cc1cc(NC(=O)C2CC2C)c(C(=O)O)[nH]1.